The van der Waals surface area contributed by atoms with Gasteiger partial charge in [-0.2, -0.15) is 0 Å². The van der Waals surface area contributed by atoms with Gasteiger partial charge in [-0.1, -0.05) is 0 Å². The van der Waals surface area contributed by atoms with E-state index in [1.165, 1.54) is 6.07 Å². The maximum absolute atomic E-state index is 12.5. The second kappa shape index (κ2) is 5.18. The quantitative estimate of drug-likeness (QED) is 0.916. The number of aryl methyl sites for hydroxylation is 1. The summed E-state index contributed by atoms with van der Waals surface area (Å²) < 4.78 is 23.2. The van der Waals surface area contributed by atoms with Crippen LogP contribution in [0.25, 0.3) is 0 Å². The van der Waals surface area contributed by atoms with Gasteiger partial charge in [-0.15, -0.1) is 0 Å². The highest BCUT2D eigenvalue weighted by molar-refractivity contribution is 7.89. The van der Waals surface area contributed by atoms with E-state index >= 15 is 0 Å². The molecule has 1 fully saturated rings. The van der Waals surface area contributed by atoms with E-state index in [0.29, 0.717) is 23.7 Å². The minimum Gasteiger partial charge on any atom is -0.336 e. The number of sulfonamides is 1. The molecule has 1 amide bonds. The molecule has 0 heterocycles. The second-order valence-corrected chi connectivity index (χ2v) is 6.81. The van der Waals surface area contributed by atoms with Crippen molar-refractivity contribution in [3.8, 4) is 0 Å². The lowest BCUT2D eigenvalue weighted by atomic mass is 10.1. The van der Waals surface area contributed by atoms with Crippen LogP contribution in [0.4, 0.5) is 0 Å². The molecule has 0 unspecified atom stereocenters. The average Bonchev–Trinajstić information content (AvgIpc) is 3.16. The molecule has 20 heavy (non-hydrogen) atoms. The Morgan fingerprint density at radius 1 is 1.35 bits per heavy atom. The largest absolute Gasteiger partial charge is 0.336 e. The van der Waals surface area contributed by atoms with Crippen molar-refractivity contribution in [1.29, 1.82) is 0 Å². The Kier molecular flexibility index (Phi) is 3.88. The van der Waals surface area contributed by atoms with Crippen molar-refractivity contribution in [2.75, 3.05) is 6.54 Å². The fraction of sp³-hybridized carbons (Fsp3) is 0.500. The summed E-state index contributed by atoms with van der Waals surface area (Å²) in [6.07, 6.45) is 2.04. The number of amides is 1. The summed E-state index contributed by atoms with van der Waals surface area (Å²) in [4.78, 5) is 14.3. The number of hydrogen-bond acceptors (Lipinski definition) is 3. The van der Waals surface area contributed by atoms with Gasteiger partial charge in [0.2, 0.25) is 10.0 Å². The summed E-state index contributed by atoms with van der Waals surface area (Å²) in [5.74, 6) is -0.122. The Hall–Kier alpha value is -1.40. The van der Waals surface area contributed by atoms with E-state index < -0.39 is 10.0 Å². The predicted molar refractivity (Wildman–Crippen MR) is 77.0 cm³/mol. The fourth-order valence-corrected chi connectivity index (χ4v) is 3.24. The van der Waals surface area contributed by atoms with Crippen LogP contribution in [0.15, 0.2) is 17.0 Å². The third kappa shape index (κ3) is 2.86. The van der Waals surface area contributed by atoms with Gasteiger partial charge in [-0.25, -0.2) is 13.6 Å². The molecule has 0 radical (unpaired) electrons. The average molecular weight is 296 g/mol. The van der Waals surface area contributed by atoms with E-state index in [9.17, 15) is 13.2 Å². The second-order valence-electron chi connectivity index (χ2n) is 5.28. The third-order valence-electron chi connectivity index (χ3n) is 3.76. The zero-order valence-electron chi connectivity index (χ0n) is 12.0. The molecule has 2 N–H and O–H groups in total. The van der Waals surface area contributed by atoms with Crippen LogP contribution in [0, 0.1) is 13.8 Å². The van der Waals surface area contributed by atoms with Crippen LogP contribution in [-0.2, 0) is 10.0 Å². The van der Waals surface area contributed by atoms with Crippen LogP contribution in [-0.4, -0.2) is 31.8 Å². The smallest absolute Gasteiger partial charge is 0.254 e. The standard InChI is InChI=1S/C14H20N2O3S/c1-4-16(12-5-6-12)14(17)11-7-9(2)10(3)13(8-11)20(15,18)19/h7-8,12H,4-6H2,1-3H3,(H2,15,18,19). The molecule has 0 aliphatic heterocycles. The Labute approximate surface area is 119 Å². The van der Waals surface area contributed by atoms with E-state index in [0.717, 1.165) is 18.4 Å². The Morgan fingerprint density at radius 3 is 2.40 bits per heavy atom. The lowest BCUT2D eigenvalue weighted by Crippen LogP contribution is -2.33. The highest BCUT2D eigenvalue weighted by Gasteiger charge is 2.32. The normalized spacial score (nSPS) is 15.2. The minimum absolute atomic E-state index is 0.0349. The zero-order chi connectivity index (χ0) is 15.1. The number of primary sulfonamides is 1. The Bertz CT molecular complexity index is 649. The van der Waals surface area contributed by atoms with Gasteiger partial charge < -0.3 is 4.90 Å². The molecule has 0 atom stereocenters. The number of nitrogens with zero attached hydrogens (tertiary/aromatic N) is 1. The monoisotopic (exact) mass is 296 g/mol. The molecule has 6 heteroatoms. The summed E-state index contributed by atoms with van der Waals surface area (Å²) in [5, 5.41) is 5.22. The van der Waals surface area contributed by atoms with Crippen LogP contribution in [0.5, 0.6) is 0 Å². The van der Waals surface area contributed by atoms with Gasteiger partial charge in [0.05, 0.1) is 4.90 Å². The number of benzene rings is 1. The predicted octanol–water partition coefficient (Wildman–Crippen LogP) is 1.58. The molecular weight excluding hydrogens is 276 g/mol. The summed E-state index contributed by atoms with van der Waals surface area (Å²) in [5.41, 5.74) is 1.75. The van der Waals surface area contributed by atoms with E-state index in [4.69, 9.17) is 5.14 Å². The van der Waals surface area contributed by atoms with E-state index in [-0.39, 0.29) is 10.8 Å². The molecule has 5 nitrogen and oxygen atoms in total. The number of carbonyl (C=O) groups excluding carboxylic acids is 1. The molecule has 0 bridgehead atoms. The molecule has 0 spiro atoms. The molecule has 110 valence electrons. The molecule has 0 aromatic heterocycles. The topological polar surface area (TPSA) is 80.5 Å². The van der Waals surface area contributed by atoms with E-state index in [2.05, 4.69) is 0 Å². The van der Waals surface area contributed by atoms with Crippen LogP contribution in [0.1, 0.15) is 41.3 Å². The van der Waals surface area contributed by atoms with Gasteiger partial charge in [0.25, 0.3) is 5.91 Å². The van der Waals surface area contributed by atoms with Crippen LogP contribution < -0.4 is 5.14 Å². The van der Waals surface area contributed by atoms with Gasteiger partial charge in [0, 0.05) is 18.2 Å². The first kappa shape index (κ1) is 15.0. The summed E-state index contributed by atoms with van der Waals surface area (Å²) in [6.45, 7) is 6.04. The van der Waals surface area contributed by atoms with Crippen molar-refractivity contribution in [3.05, 3.63) is 28.8 Å². The number of nitrogens with two attached hydrogens (primary N) is 1. The fourth-order valence-electron chi connectivity index (χ4n) is 2.37. The molecular formula is C14H20N2O3S. The lowest BCUT2D eigenvalue weighted by Gasteiger charge is -2.21. The Balaban J connectivity index is 2.47. The zero-order valence-corrected chi connectivity index (χ0v) is 12.8. The number of rotatable bonds is 4. The maximum Gasteiger partial charge on any atom is 0.254 e. The summed E-state index contributed by atoms with van der Waals surface area (Å²) in [7, 11) is -3.82. The van der Waals surface area contributed by atoms with Crippen molar-refractivity contribution in [2.45, 2.75) is 44.6 Å². The van der Waals surface area contributed by atoms with Gasteiger partial charge in [0.1, 0.15) is 0 Å². The number of carbonyl (C=O) groups is 1. The summed E-state index contributed by atoms with van der Waals surface area (Å²) >= 11 is 0. The molecule has 1 aromatic rings. The molecule has 1 aromatic carbocycles. The Morgan fingerprint density at radius 2 is 1.95 bits per heavy atom. The maximum atomic E-state index is 12.5. The summed E-state index contributed by atoms with van der Waals surface area (Å²) in [6, 6.07) is 3.43. The van der Waals surface area contributed by atoms with Crippen molar-refractivity contribution >= 4 is 15.9 Å². The highest BCUT2D eigenvalue weighted by atomic mass is 32.2. The molecule has 1 aliphatic rings. The van der Waals surface area contributed by atoms with Crippen molar-refractivity contribution < 1.29 is 13.2 Å². The third-order valence-corrected chi connectivity index (χ3v) is 4.80. The SMILES string of the molecule is CCN(C(=O)c1cc(C)c(C)c(S(N)(=O)=O)c1)C1CC1. The van der Waals surface area contributed by atoms with Gasteiger partial charge >= 0.3 is 0 Å². The van der Waals surface area contributed by atoms with E-state index in [1.807, 2.05) is 6.92 Å². The molecule has 2 rings (SSSR count). The van der Waals surface area contributed by atoms with Gasteiger partial charge in [-0.3, -0.25) is 4.79 Å². The van der Waals surface area contributed by atoms with Crippen LogP contribution >= 0.6 is 0 Å². The van der Waals surface area contributed by atoms with Crippen LogP contribution in [0.2, 0.25) is 0 Å². The van der Waals surface area contributed by atoms with E-state index in [1.54, 1.807) is 24.8 Å². The minimum atomic E-state index is -3.82. The first-order valence-electron chi connectivity index (χ1n) is 6.70. The molecule has 1 aliphatic carbocycles. The highest BCUT2D eigenvalue weighted by Crippen LogP contribution is 2.29. The van der Waals surface area contributed by atoms with Crippen LogP contribution in [0.3, 0.4) is 0 Å². The van der Waals surface area contributed by atoms with Gasteiger partial charge in [-0.05, 0) is 56.9 Å². The molecule has 0 saturated heterocycles. The van der Waals surface area contributed by atoms with Crippen molar-refractivity contribution in [1.82, 2.24) is 4.90 Å². The molecule has 1 saturated carbocycles. The van der Waals surface area contributed by atoms with Crippen molar-refractivity contribution in [2.24, 2.45) is 5.14 Å². The lowest BCUT2D eigenvalue weighted by molar-refractivity contribution is 0.0752. The van der Waals surface area contributed by atoms with Gasteiger partial charge in [0.15, 0.2) is 0 Å². The first-order valence-corrected chi connectivity index (χ1v) is 8.25. The first-order chi connectivity index (χ1) is 9.25. The van der Waals surface area contributed by atoms with Crippen molar-refractivity contribution in [3.63, 3.8) is 0 Å². The number of hydrogen-bond donors (Lipinski definition) is 1.